The highest BCUT2D eigenvalue weighted by Crippen LogP contribution is 2.48. The van der Waals surface area contributed by atoms with Crippen molar-refractivity contribution in [1.82, 2.24) is 0 Å². The Balaban J connectivity index is 2.73. The third kappa shape index (κ3) is 2.29. The van der Waals surface area contributed by atoms with E-state index < -0.39 is 11.8 Å². The lowest BCUT2D eigenvalue weighted by Crippen LogP contribution is -2.28. The molecule has 1 aromatic carbocycles. The second kappa shape index (κ2) is 4.79. The third-order valence-electron chi connectivity index (χ3n) is 2.70. The van der Waals surface area contributed by atoms with Gasteiger partial charge < -0.3 is 24.1 Å². The van der Waals surface area contributed by atoms with Gasteiger partial charge in [-0.1, -0.05) is 11.6 Å². The standard InChI is InChI=1S/C12H13ClO6/c1-12(15)9-6(16-2)4-7(17-3)10(13)11(9)18-5-8(14)19-12/h4,15H,5H2,1-3H3. The highest BCUT2D eigenvalue weighted by molar-refractivity contribution is 6.33. The van der Waals surface area contributed by atoms with Crippen molar-refractivity contribution in [3.05, 3.63) is 16.7 Å². The lowest BCUT2D eigenvalue weighted by atomic mass is 10.0. The Bertz CT molecular complexity index is 525. The number of rotatable bonds is 2. The Morgan fingerprint density at radius 2 is 2.00 bits per heavy atom. The summed E-state index contributed by atoms with van der Waals surface area (Å²) in [5.74, 6) is -1.95. The van der Waals surface area contributed by atoms with Gasteiger partial charge in [-0.25, -0.2) is 4.79 Å². The van der Waals surface area contributed by atoms with E-state index in [1.165, 1.54) is 27.2 Å². The topological polar surface area (TPSA) is 74.2 Å². The Morgan fingerprint density at radius 3 is 2.58 bits per heavy atom. The number of cyclic esters (lactones) is 1. The molecule has 6 nitrogen and oxygen atoms in total. The molecule has 2 rings (SSSR count). The second-order valence-electron chi connectivity index (χ2n) is 4.04. The summed E-state index contributed by atoms with van der Waals surface area (Å²) in [5, 5.41) is 10.4. The van der Waals surface area contributed by atoms with Crippen LogP contribution in [-0.4, -0.2) is 31.9 Å². The maximum absolute atomic E-state index is 11.4. The van der Waals surface area contributed by atoms with Gasteiger partial charge in [0.05, 0.1) is 14.2 Å². The van der Waals surface area contributed by atoms with E-state index in [0.717, 1.165) is 0 Å². The first kappa shape index (κ1) is 13.8. The lowest BCUT2D eigenvalue weighted by molar-refractivity contribution is -0.205. The van der Waals surface area contributed by atoms with Crippen molar-refractivity contribution in [2.75, 3.05) is 20.8 Å². The molecular formula is C12H13ClO6. The molecule has 19 heavy (non-hydrogen) atoms. The van der Waals surface area contributed by atoms with Crippen molar-refractivity contribution in [3.8, 4) is 17.2 Å². The van der Waals surface area contributed by atoms with Crippen molar-refractivity contribution in [1.29, 1.82) is 0 Å². The molecule has 104 valence electrons. The number of benzene rings is 1. The van der Waals surface area contributed by atoms with Crippen LogP contribution in [0.2, 0.25) is 5.02 Å². The van der Waals surface area contributed by atoms with E-state index in [2.05, 4.69) is 0 Å². The second-order valence-corrected chi connectivity index (χ2v) is 4.42. The van der Waals surface area contributed by atoms with Crippen LogP contribution in [0.15, 0.2) is 6.07 Å². The number of halogens is 1. The Morgan fingerprint density at radius 1 is 1.37 bits per heavy atom. The van der Waals surface area contributed by atoms with Gasteiger partial charge >= 0.3 is 5.97 Å². The molecule has 1 unspecified atom stereocenters. The van der Waals surface area contributed by atoms with Crippen LogP contribution in [0.5, 0.6) is 17.2 Å². The molecule has 1 atom stereocenters. The molecular weight excluding hydrogens is 276 g/mol. The van der Waals surface area contributed by atoms with E-state index in [4.69, 9.17) is 30.5 Å². The number of aliphatic hydroxyl groups is 1. The van der Waals surface area contributed by atoms with E-state index >= 15 is 0 Å². The monoisotopic (exact) mass is 288 g/mol. The summed E-state index contributed by atoms with van der Waals surface area (Å²) in [7, 11) is 2.84. The zero-order valence-corrected chi connectivity index (χ0v) is 11.4. The third-order valence-corrected chi connectivity index (χ3v) is 3.06. The zero-order chi connectivity index (χ0) is 14.2. The lowest BCUT2D eigenvalue weighted by Gasteiger charge is -2.25. The van der Waals surface area contributed by atoms with E-state index in [9.17, 15) is 9.90 Å². The largest absolute Gasteiger partial charge is 0.496 e. The molecule has 0 aliphatic carbocycles. The molecule has 0 saturated carbocycles. The van der Waals surface area contributed by atoms with E-state index in [0.29, 0.717) is 5.75 Å². The van der Waals surface area contributed by atoms with Crippen LogP contribution in [-0.2, 0) is 15.3 Å². The first-order valence-electron chi connectivity index (χ1n) is 5.42. The predicted molar refractivity (Wildman–Crippen MR) is 65.7 cm³/mol. The molecule has 0 fully saturated rings. The van der Waals surface area contributed by atoms with E-state index in [1.807, 2.05) is 0 Å². The van der Waals surface area contributed by atoms with Gasteiger partial charge in [0.15, 0.2) is 12.4 Å². The minimum absolute atomic E-state index is 0.105. The van der Waals surface area contributed by atoms with E-state index in [1.54, 1.807) is 0 Å². The number of fused-ring (bicyclic) bond motifs is 1. The first-order valence-corrected chi connectivity index (χ1v) is 5.80. The average Bonchev–Trinajstić information content (AvgIpc) is 2.47. The molecule has 1 aliphatic heterocycles. The van der Waals surface area contributed by atoms with Gasteiger partial charge in [-0.3, -0.25) is 0 Å². The fraction of sp³-hybridized carbons (Fsp3) is 0.417. The molecule has 0 saturated heterocycles. The highest BCUT2D eigenvalue weighted by atomic mass is 35.5. The number of esters is 1. The van der Waals surface area contributed by atoms with Gasteiger partial charge in [0.25, 0.3) is 0 Å². The average molecular weight is 289 g/mol. The van der Waals surface area contributed by atoms with Crippen LogP contribution < -0.4 is 14.2 Å². The maximum atomic E-state index is 11.4. The molecule has 0 aromatic heterocycles. The summed E-state index contributed by atoms with van der Waals surface area (Å²) < 4.78 is 20.5. The van der Waals surface area contributed by atoms with Gasteiger partial charge in [-0.2, -0.15) is 0 Å². The molecule has 0 amide bonds. The predicted octanol–water partition coefficient (Wildman–Crippen LogP) is 1.46. The summed E-state index contributed by atoms with van der Waals surface area (Å²) >= 11 is 6.12. The minimum Gasteiger partial charge on any atom is -0.496 e. The number of carbonyl (C=O) groups excluding carboxylic acids is 1. The number of hydrogen-bond acceptors (Lipinski definition) is 6. The van der Waals surface area contributed by atoms with Crippen LogP contribution in [0, 0.1) is 0 Å². The van der Waals surface area contributed by atoms with E-state index in [-0.39, 0.29) is 28.7 Å². The molecule has 1 heterocycles. The van der Waals surface area contributed by atoms with Gasteiger partial charge in [-0.15, -0.1) is 0 Å². The molecule has 1 aliphatic rings. The summed E-state index contributed by atoms with van der Waals surface area (Å²) in [6, 6.07) is 1.48. The molecule has 0 radical (unpaired) electrons. The van der Waals surface area contributed by atoms with Gasteiger partial charge in [0.1, 0.15) is 22.1 Å². The van der Waals surface area contributed by atoms with Gasteiger partial charge in [0, 0.05) is 13.0 Å². The summed E-state index contributed by atoms with van der Waals surface area (Å²) in [5.41, 5.74) is 0.145. The van der Waals surface area contributed by atoms with Crippen LogP contribution in [0.4, 0.5) is 0 Å². The fourth-order valence-corrected chi connectivity index (χ4v) is 2.19. The molecule has 7 heteroatoms. The summed E-state index contributed by atoms with van der Waals surface area (Å²) in [6.07, 6.45) is 0. The van der Waals surface area contributed by atoms with Gasteiger partial charge in [-0.05, 0) is 0 Å². The van der Waals surface area contributed by atoms with Gasteiger partial charge in [0.2, 0.25) is 5.79 Å². The molecule has 0 spiro atoms. The number of ether oxygens (including phenoxy) is 4. The summed E-state index contributed by atoms with van der Waals surface area (Å²) in [6.45, 7) is 0.947. The van der Waals surface area contributed by atoms with Crippen molar-refractivity contribution in [3.63, 3.8) is 0 Å². The van der Waals surface area contributed by atoms with Crippen molar-refractivity contribution < 1.29 is 28.8 Å². The number of hydrogen-bond donors (Lipinski definition) is 1. The van der Waals surface area contributed by atoms with Crippen molar-refractivity contribution in [2.24, 2.45) is 0 Å². The number of methoxy groups -OCH3 is 2. The van der Waals surface area contributed by atoms with Crippen molar-refractivity contribution >= 4 is 17.6 Å². The minimum atomic E-state index is -1.90. The fourth-order valence-electron chi connectivity index (χ4n) is 1.91. The Labute approximate surface area is 114 Å². The van der Waals surface area contributed by atoms with Crippen LogP contribution >= 0.6 is 11.6 Å². The van der Waals surface area contributed by atoms with Crippen LogP contribution in [0.3, 0.4) is 0 Å². The highest BCUT2D eigenvalue weighted by Gasteiger charge is 2.40. The molecule has 0 bridgehead atoms. The normalized spacial score (nSPS) is 21.8. The Hall–Kier alpha value is -1.66. The SMILES string of the molecule is COc1cc(OC)c2c(c1Cl)OCC(=O)OC2(C)O. The Kier molecular flexibility index (Phi) is 3.47. The molecule has 1 N–H and O–H groups in total. The molecule has 1 aromatic rings. The summed E-state index contributed by atoms with van der Waals surface area (Å²) in [4.78, 5) is 11.4. The first-order chi connectivity index (χ1) is 8.90. The van der Waals surface area contributed by atoms with Crippen molar-refractivity contribution in [2.45, 2.75) is 12.7 Å². The van der Waals surface area contributed by atoms with Crippen LogP contribution in [0.1, 0.15) is 12.5 Å². The maximum Gasteiger partial charge on any atom is 0.346 e. The smallest absolute Gasteiger partial charge is 0.346 e. The quantitative estimate of drug-likeness (QED) is 0.831. The zero-order valence-electron chi connectivity index (χ0n) is 10.7. The number of carbonyl (C=O) groups is 1. The van der Waals surface area contributed by atoms with Crippen LogP contribution in [0.25, 0.3) is 0 Å².